The Balaban J connectivity index is 1.19. The third kappa shape index (κ3) is 7.38. The van der Waals surface area contributed by atoms with Gasteiger partial charge in [-0.1, -0.05) is 30.3 Å². The van der Waals surface area contributed by atoms with Gasteiger partial charge in [0.15, 0.2) is 0 Å². The monoisotopic (exact) mass is 625 g/mol. The van der Waals surface area contributed by atoms with Crippen LogP contribution in [0.5, 0.6) is 0 Å². The van der Waals surface area contributed by atoms with Crippen LogP contribution in [-0.4, -0.2) is 77.5 Å². The molecule has 3 aromatic rings. The summed E-state index contributed by atoms with van der Waals surface area (Å²) in [6, 6.07) is 13.5. The van der Waals surface area contributed by atoms with Crippen LogP contribution in [0.15, 0.2) is 59.2 Å². The number of hydrogen-bond donors (Lipinski definition) is 4. The zero-order chi connectivity index (χ0) is 28.8. The molecular weight excluding hydrogens is 585 g/mol. The number of urea groups is 1. The van der Waals surface area contributed by atoms with Crippen LogP contribution in [-0.2, 0) is 0 Å². The average molecular weight is 627 g/mol. The summed E-state index contributed by atoms with van der Waals surface area (Å²) in [5, 5.41) is 18.1. The number of benzene rings is 2. The molecule has 0 saturated carbocycles. The number of aliphatic hydroxyl groups excluding tert-OH is 1. The minimum absolute atomic E-state index is 0.114. The normalized spacial score (nSPS) is 19.5. The number of para-hydroxylation sites is 1. The van der Waals surface area contributed by atoms with E-state index in [0.29, 0.717) is 29.4 Å². The minimum Gasteiger partial charge on any atom is -0.375 e. The highest BCUT2D eigenvalue weighted by molar-refractivity contribution is 9.10. The summed E-state index contributed by atoms with van der Waals surface area (Å²) in [7, 11) is 0. The average Bonchev–Trinajstić information content (AvgIpc) is 3.43. The first-order chi connectivity index (χ1) is 19.9. The number of hydrogen-bond acceptors (Lipinski definition) is 4. The molecule has 41 heavy (non-hydrogen) atoms. The fourth-order valence-corrected chi connectivity index (χ4v) is 6.89. The quantitative estimate of drug-likeness (QED) is 0.247. The van der Waals surface area contributed by atoms with Gasteiger partial charge in [-0.05, 0) is 109 Å². The van der Waals surface area contributed by atoms with Gasteiger partial charge >= 0.3 is 6.03 Å². The van der Waals surface area contributed by atoms with Crippen molar-refractivity contribution in [2.75, 3.05) is 39.3 Å². The Morgan fingerprint density at radius 3 is 2.56 bits per heavy atom. The number of aromatic amines is 1. The van der Waals surface area contributed by atoms with E-state index >= 15 is 0 Å². The van der Waals surface area contributed by atoms with E-state index in [1.807, 2.05) is 13.0 Å². The molecule has 0 spiro atoms. The first-order valence-corrected chi connectivity index (χ1v) is 15.6. The van der Waals surface area contributed by atoms with Crippen molar-refractivity contribution >= 4 is 38.9 Å². The molecule has 1 aromatic heterocycles. The number of aliphatic hydroxyl groups is 1. The van der Waals surface area contributed by atoms with E-state index in [9.17, 15) is 14.3 Å². The number of carbonyl (C=O) groups excluding carboxylic acids is 1. The summed E-state index contributed by atoms with van der Waals surface area (Å²) in [5.74, 6) is 0.662. The van der Waals surface area contributed by atoms with Gasteiger partial charge in [0.05, 0.1) is 4.47 Å². The van der Waals surface area contributed by atoms with Crippen molar-refractivity contribution in [3.05, 3.63) is 76.2 Å². The van der Waals surface area contributed by atoms with Crippen LogP contribution in [0.4, 0.5) is 9.18 Å². The number of halogens is 2. The van der Waals surface area contributed by atoms with E-state index in [-0.39, 0.29) is 17.9 Å². The molecule has 2 saturated heterocycles. The van der Waals surface area contributed by atoms with Gasteiger partial charge in [-0.3, -0.25) is 9.80 Å². The molecular formula is C32H41BrFN5O2. The first kappa shape index (κ1) is 29.8. The standard InChI is InChI=1S/C32H41BrFN5O2/c1-2-35-32(41)37-21-30(38-15-11-23(12-16-38)26-20-36-29-6-4-3-5-25(26)29)24-13-17-39(18-14-24)31(40)10-8-22-7-9-28(34)27(33)19-22/h3-10,19-20,23-24,30-31,36,40H,2,11-18,21H2,1H3,(H2,35,37,41)/b10-8+. The molecule has 2 aliphatic heterocycles. The van der Waals surface area contributed by atoms with Gasteiger partial charge in [-0.25, -0.2) is 9.18 Å². The molecule has 4 N–H and O–H groups in total. The van der Waals surface area contributed by atoms with E-state index < -0.39 is 6.23 Å². The number of piperidine rings is 2. The largest absolute Gasteiger partial charge is 0.375 e. The molecule has 3 heterocycles. The predicted molar refractivity (Wildman–Crippen MR) is 166 cm³/mol. The van der Waals surface area contributed by atoms with Crippen molar-refractivity contribution in [2.24, 2.45) is 5.92 Å². The number of rotatable bonds is 9. The summed E-state index contributed by atoms with van der Waals surface area (Å²) >= 11 is 3.22. The molecule has 220 valence electrons. The van der Waals surface area contributed by atoms with Gasteiger partial charge in [0, 0.05) is 49.3 Å². The molecule has 2 aliphatic rings. The van der Waals surface area contributed by atoms with Gasteiger partial charge < -0.3 is 20.7 Å². The number of aromatic nitrogens is 1. The Labute approximate surface area is 250 Å². The molecule has 5 rings (SSSR count). The van der Waals surface area contributed by atoms with Crippen LogP contribution in [0.1, 0.15) is 49.7 Å². The Morgan fingerprint density at radius 1 is 1.10 bits per heavy atom. The van der Waals surface area contributed by atoms with Gasteiger partial charge in [-0.2, -0.15) is 0 Å². The lowest BCUT2D eigenvalue weighted by molar-refractivity contribution is -0.000586. The number of carbonyl (C=O) groups is 1. The van der Waals surface area contributed by atoms with Gasteiger partial charge in [0.1, 0.15) is 12.0 Å². The van der Waals surface area contributed by atoms with Crippen molar-refractivity contribution in [2.45, 2.75) is 50.8 Å². The summed E-state index contributed by atoms with van der Waals surface area (Å²) in [6.07, 6.45) is 9.20. The molecule has 9 heteroatoms. The lowest BCUT2D eigenvalue weighted by Gasteiger charge is -2.44. The zero-order valence-corrected chi connectivity index (χ0v) is 25.2. The molecule has 0 bridgehead atoms. The lowest BCUT2D eigenvalue weighted by Crippen LogP contribution is -2.54. The van der Waals surface area contributed by atoms with E-state index in [4.69, 9.17) is 0 Å². The summed E-state index contributed by atoms with van der Waals surface area (Å²) < 4.78 is 14.0. The molecule has 2 fully saturated rings. The molecule has 2 aromatic carbocycles. The van der Waals surface area contributed by atoms with E-state index in [1.54, 1.807) is 18.2 Å². The van der Waals surface area contributed by atoms with Crippen LogP contribution in [0, 0.1) is 11.7 Å². The molecule has 0 aliphatic carbocycles. The van der Waals surface area contributed by atoms with E-state index in [2.05, 4.69) is 71.8 Å². The Kier molecular flexibility index (Phi) is 10.1. The maximum absolute atomic E-state index is 13.5. The lowest BCUT2D eigenvalue weighted by atomic mass is 9.84. The second-order valence-corrected chi connectivity index (χ2v) is 12.1. The summed E-state index contributed by atoms with van der Waals surface area (Å²) in [6.45, 7) is 6.73. The SMILES string of the molecule is CCNC(=O)NCC(C1CCN(C(O)/C=C/c2ccc(F)c(Br)c2)CC1)N1CCC(c2c[nH]c3ccccc23)CC1. The van der Waals surface area contributed by atoms with Gasteiger partial charge in [0.2, 0.25) is 0 Å². The van der Waals surface area contributed by atoms with Crippen molar-refractivity contribution in [3.8, 4) is 0 Å². The number of nitrogens with zero attached hydrogens (tertiary/aromatic N) is 2. The minimum atomic E-state index is -0.696. The predicted octanol–water partition coefficient (Wildman–Crippen LogP) is 5.68. The maximum Gasteiger partial charge on any atom is 0.314 e. The zero-order valence-electron chi connectivity index (χ0n) is 23.7. The number of nitrogens with one attached hydrogen (secondary N) is 3. The Hall–Kier alpha value is -2.72. The molecule has 2 atom stereocenters. The number of H-pyrrole nitrogens is 1. The fourth-order valence-electron chi connectivity index (χ4n) is 6.49. The Bertz CT molecular complexity index is 1330. The second-order valence-electron chi connectivity index (χ2n) is 11.2. The maximum atomic E-state index is 13.5. The summed E-state index contributed by atoms with van der Waals surface area (Å²) in [4.78, 5) is 20.4. The molecule has 2 amide bonds. The molecule has 2 unspecified atom stereocenters. The summed E-state index contributed by atoms with van der Waals surface area (Å²) in [5.41, 5.74) is 3.45. The highest BCUT2D eigenvalue weighted by Gasteiger charge is 2.34. The van der Waals surface area contributed by atoms with Gasteiger partial charge in [-0.15, -0.1) is 0 Å². The van der Waals surface area contributed by atoms with Crippen molar-refractivity contribution in [3.63, 3.8) is 0 Å². The first-order valence-electron chi connectivity index (χ1n) is 14.8. The third-order valence-corrected chi connectivity index (χ3v) is 9.37. The smallest absolute Gasteiger partial charge is 0.314 e. The van der Waals surface area contributed by atoms with Crippen molar-refractivity contribution in [1.82, 2.24) is 25.4 Å². The van der Waals surface area contributed by atoms with Crippen LogP contribution in [0.3, 0.4) is 0 Å². The van der Waals surface area contributed by atoms with Crippen LogP contribution in [0.25, 0.3) is 17.0 Å². The number of amides is 2. The van der Waals surface area contributed by atoms with E-state index in [0.717, 1.165) is 57.4 Å². The van der Waals surface area contributed by atoms with Gasteiger partial charge in [0.25, 0.3) is 0 Å². The highest BCUT2D eigenvalue weighted by Crippen LogP contribution is 2.35. The van der Waals surface area contributed by atoms with Crippen LogP contribution >= 0.6 is 15.9 Å². The molecule has 0 radical (unpaired) electrons. The fraction of sp³-hybridized carbons (Fsp3) is 0.469. The van der Waals surface area contributed by atoms with Crippen LogP contribution < -0.4 is 10.6 Å². The highest BCUT2D eigenvalue weighted by atomic mass is 79.9. The Morgan fingerprint density at radius 2 is 1.83 bits per heavy atom. The van der Waals surface area contributed by atoms with Crippen molar-refractivity contribution < 1.29 is 14.3 Å². The van der Waals surface area contributed by atoms with Crippen LogP contribution in [0.2, 0.25) is 0 Å². The second kappa shape index (κ2) is 14.0. The topological polar surface area (TPSA) is 83.6 Å². The molecule has 7 nitrogen and oxygen atoms in total. The number of fused-ring (bicyclic) bond motifs is 1. The number of likely N-dealkylation sites (tertiary alicyclic amines) is 2. The van der Waals surface area contributed by atoms with Crippen molar-refractivity contribution in [1.29, 1.82) is 0 Å². The van der Waals surface area contributed by atoms with E-state index in [1.165, 1.54) is 22.5 Å². The third-order valence-electron chi connectivity index (χ3n) is 8.77.